The minimum Gasteiger partial charge on any atom is -0.376 e. The fourth-order valence-electron chi connectivity index (χ4n) is 3.39. The van der Waals surface area contributed by atoms with Crippen LogP contribution in [0.25, 0.3) is 0 Å². The molecule has 118 valence electrons. The minimum atomic E-state index is -0.334. The number of nitrogens with two attached hydrogens (primary N) is 1. The summed E-state index contributed by atoms with van der Waals surface area (Å²) < 4.78 is 5.65. The summed E-state index contributed by atoms with van der Waals surface area (Å²) in [6.45, 7) is 6.42. The molecule has 0 aromatic rings. The second-order valence-electron chi connectivity index (χ2n) is 6.32. The average molecular weight is 305 g/mol. The number of hydrogen-bond acceptors (Lipinski definition) is 3. The van der Waals surface area contributed by atoms with Crippen LogP contribution in [0.5, 0.6) is 0 Å². The van der Waals surface area contributed by atoms with Crippen molar-refractivity contribution >= 4 is 18.3 Å². The van der Waals surface area contributed by atoms with E-state index in [-0.39, 0.29) is 35.9 Å². The van der Waals surface area contributed by atoms with Gasteiger partial charge in [0.25, 0.3) is 0 Å². The Bertz CT molecular complexity index is 317. The first-order valence-electron chi connectivity index (χ1n) is 7.74. The molecule has 0 aromatic heterocycles. The van der Waals surface area contributed by atoms with E-state index in [1.807, 2.05) is 18.7 Å². The molecule has 3 atom stereocenters. The summed E-state index contributed by atoms with van der Waals surface area (Å²) in [6, 6.07) is 0. The van der Waals surface area contributed by atoms with E-state index in [1.54, 1.807) is 0 Å². The number of rotatable bonds is 4. The number of amides is 1. The quantitative estimate of drug-likeness (QED) is 0.867. The standard InChI is InChI=1S/C15H28N2O2.ClH/c1-3-17(11-12-7-6-10-19-12)14(18)13-8-4-5-9-15(13,2)16;/h12-13H,3-11,16H2,1-2H3;1H. The van der Waals surface area contributed by atoms with Crippen molar-refractivity contribution in [2.24, 2.45) is 11.7 Å². The van der Waals surface area contributed by atoms with Gasteiger partial charge in [0, 0.05) is 25.2 Å². The molecule has 2 rings (SSSR count). The van der Waals surface area contributed by atoms with Crippen LogP contribution in [0.15, 0.2) is 0 Å². The van der Waals surface area contributed by atoms with E-state index < -0.39 is 0 Å². The third-order valence-electron chi connectivity index (χ3n) is 4.69. The lowest BCUT2D eigenvalue weighted by molar-refractivity contribution is -0.140. The normalized spacial score (nSPS) is 33.5. The van der Waals surface area contributed by atoms with Crippen LogP contribution in [-0.4, -0.2) is 42.1 Å². The highest BCUT2D eigenvalue weighted by molar-refractivity contribution is 5.85. The zero-order chi connectivity index (χ0) is 13.9. The van der Waals surface area contributed by atoms with Crippen molar-refractivity contribution in [3.05, 3.63) is 0 Å². The Labute approximate surface area is 128 Å². The van der Waals surface area contributed by atoms with Gasteiger partial charge in [-0.3, -0.25) is 4.79 Å². The lowest BCUT2D eigenvalue weighted by atomic mass is 9.74. The van der Waals surface area contributed by atoms with Crippen molar-refractivity contribution < 1.29 is 9.53 Å². The van der Waals surface area contributed by atoms with E-state index in [0.29, 0.717) is 0 Å². The third-order valence-corrected chi connectivity index (χ3v) is 4.69. The number of halogens is 1. The van der Waals surface area contributed by atoms with Crippen molar-refractivity contribution in [2.45, 2.75) is 64.0 Å². The van der Waals surface area contributed by atoms with Gasteiger partial charge in [0.05, 0.1) is 12.0 Å². The first kappa shape index (κ1) is 17.7. The highest BCUT2D eigenvalue weighted by Crippen LogP contribution is 2.33. The Morgan fingerprint density at radius 1 is 1.35 bits per heavy atom. The lowest BCUT2D eigenvalue weighted by Gasteiger charge is -2.40. The maximum absolute atomic E-state index is 12.7. The molecule has 0 aromatic carbocycles. The molecule has 20 heavy (non-hydrogen) atoms. The van der Waals surface area contributed by atoms with Crippen molar-refractivity contribution in [1.29, 1.82) is 0 Å². The summed E-state index contributed by atoms with van der Waals surface area (Å²) >= 11 is 0. The van der Waals surface area contributed by atoms with E-state index >= 15 is 0 Å². The second kappa shape index (κ2) is 7.62. The molecular weight excluding hydrogens is 276 g/mol. The smallest absolute Gasteiger partial charge is 0.227 e. The molecule has 1 heterocycles. The molecule has 0 spiro atoms. The minimum absolute atomic E-state index is 0. The molecule has 5 heteroatoms. The monoisotopic (exact) mass is 304 g/mol. The van der Waals surface area contributed by atoms with E-state index in [0.717, 1.165) is 58.2 Å². The van der Waals surface area contributed by atoms with Gasteiger partial charge in [0.1, 0.15) is 0 Å². The average Bonchev–Trinajstić information content (AvgIpc) is 2.87. The van der Waals surface area contributed by atoms with Crippen molar-refractivity contribution in [2.75, 3.05) is 19.7 Å². The molecular formula is C15H29ClN2O2. The van der Waals surface area contributed by atoms with E-state index in [2.05, 4.69) is 0 Å². The molecule has 1 saturated carbocycles. The lowest BCUT2D eigenvalue weighted by Crippen LogP contribution is -2.54. The van der Waals surface area contributed by atoms with Crippen LogP contribution >= 0.6 is 12.4 Å². The number of hydrogen-bond donors (Lipinski definition) is 1. The van der Waals surface area contributed by atoms with Crippen LogP contribution in [0, 0.1) is 5.92 Å². The predicted molar refractivity (Wildman–Crippen MR) is 83.0 cm³/mol. The van der Waals surface area contributed by atoms with E-state index in [1.165, 1.54) is 0 Å². The van der Waals surface area contributed by atoms with Crippen molar-refractivity contribution in [3.63, 3.8) is 0 Å². The van der Waals surface area contributed by atoms with Crippen LogP contribution in [0.4, 0.5) is 0 Å². The number of ether oxygens (including phenoxy) is 1. The number of likely N-dealkylation sites (N-methyl/N-ethyl adjacent to an activating group) is 1. The summed E-state index contributed by atoms with van der Waals surface area (Å²) in [5.74, 6) is 0.227. The van der Waals surface area contributed by atoms with Gasteiger partial charge in [0.15, 0.2) is 0 Å². The van der Waals surface area contributed by atoms with Crippen molar-refractivity contribution in [3.8, 4) is 0 Å². The van der Waals surface area contributed by atoms with Crippen LogP contribution in [0.3, 0.4) is 0 Å². The molecule has 1 amide bonds. The third kappa shape index (κ3) is 4.09. The molecule has 1 saturated heterocycles. The summed E-state index contributed by atoms with van der Waals surface area (Å²) in [6.07, 6.45) is 6.60. The van der Waals surface area contributed by atoms with Crippen LogP contribution < -0.4 is 5.73 Å². The van der Waals surface area contributed by atoms with E-state index in [9.17, 15) is 4.79 Å². The molecule has 4 nitrogen and oxygen atoms in total. The Morgan fingerprint density at radius 3 is 2.65 bits per heavy atom. The zero-order valence-corrected chi connectivity index (χ0v) is 13.6. The SMILES string of the molecule is CCN(CC1CCCO1)C(=O)C1CCCCC1(C)N.Cl. The van der Waals surface area contributed by atoms with Crippen LogP contribution in [-0.2, 0) is 9.53 Å². The molecule has 0 bridgehead atoms. The summed E-state index contributed by atoms with van der Waals surface area (Å²) in [4.78, 5) is 14.7. The number of carbonyl (C=O) groups is 1. The van der Waals surface area contributed by atoms with Crippen molar-refractivity contribution in [1.82, 2.24) is 4.90 Å². The Hall–Kier alpha value is -0.320. The largest absolute Gasteiger partial charge is 0.376 e. The zero-order valence-electron chi connectivity index (χ0n) is 12.8. The van der Waals surface area contributed by atoms with Gasteiger partial charge in [0.2, 0.25) is 5.91 Å². The highest BCUT2D eigenvalue weighted by atomic mass is 35.5. The first-order chi connectivity index (χ1) is 9.04. The molecule has 1 aliphatic heterocycles. The van der Waals surface area contributed by atoms with Gasteiger partial charge in [-0.25, -0.2) is 0 Å². The molecule has 3 unspecified atom stereocenters. The molecule has 2 aliphatic rings. The summed E-state index contributed by atoms with van der Waals surface area (Å²) in [7, 11) is 0. The Kier molecular flexibility index (Phi) is 6.76. The van der Waals surface area contributed by atoms with Gasteiger partial charge in [-0.05, 0) is 39.5 Å². The highest BCUT2D eigenvalue weighted by Gasteiger charge is 2.40. The van der Waals surface area contributed by atoms with Gasteiger partial charge in [-0.15, -0.1) is 12.4 Å². The topological polar surface area (TPSA) is 55.6 Å². The molecule has 2 N–H and O–H groups in total. The van der Waals surface area contributed by atoms with Crippen LogP contribution in [0.2, 0.25) is 0 Å². The van der Waals surface area contributed by atoms with Gasteiger partial charge < -0.3 is 15.4 Å². The van der Waals surface area contributed by atoms with Gasteiger partial charge in [-0.1, -0.05) is 12.8 Å². The fourth-order valence-corrected chi connectivity index (χ4v) is 3.39. The maximum Gasteiger partial charge on any atom is 0.227 e. The number of carbonyl (C=O) groups excluding carboxylic acids is 1. The van der Waals surface area contributed by atoms with Gasteiger partial charge >= 0.3 is 0 Å². The molecule has 0 radical (unpaired) electrons. The summed E-state index contributed by atoms with van der Waals surface area (Å²) in [5, 5.41) is 0. The molecule has 1 aliphatic carbocycles. The predicted octanol–water partition coefficient (Wildman–Crippen LogP) is 2.34. The summed E-state index contributed by atoms with van der Waals surface area (Å²) in [5.41, 5.74) is 6.01. The fraction of sp³-hybridized carbons (Fsp3) is 0.933. The second-order valence-corrected chi connectivity index (χ2v) is 6.32. The van der Waals surface area contributed by atoms with E-state index in [4.69, 9.17) is 10.5 Å². The maximum atomic E-state index is 12.7. The first-order valence-corrected chi connectivity index (χ1v) is 7.74. The molecule has 2 fully saturated rings. The van der Waals surface area contributed by atoms with Crippen LogP contribution in [0.1, 0.15) is 52.4 Å². The Balaban J connectivity index is 0.00000200. The van der Waals surface area contributed by atoms with Gasteiger partial charge in [-0.2, -0.15) is 0 Å². The Morgan fingerprint density at radius 2 is 2.10 bits per heavy atom. The number of nitrogens with zero attached hydrogens (tertiary/aromatic N) is 1.